The number of aliphatic imine (C=N–C) groups is 1. The molecule has 0 spiro atoms. The molecular weight excluding hydrogens is 223 g/mol. The quantitative estimate of drug-likeness (QED) is 0.423. The Labute approximate surface area is 89.6 Å². The van der Waals surface area contributed by atoms with Crippen molar-refractivity contribution in [2.75, 3.05) is 0 Å². The van der Waals surface area contributed by atoms with Crippen LogP contribution in [0.5, 0.6) is 0 Å². The van der Waals surface area contributed by atoms with Crippen LogP contribution in [0, 0.1) is 0 Å². The van der Waals surface area contributed by atoms with Crippen molar-refractivity contribution < 1.29 is 22.7 Å². The van der Waals surface area contributed by atoms with Crippen LogP contribution in [0.15, 0.2) is 35.3 Å². The van der Waals surface area contributed by atoms with Gasteiger partial charge in [-0.15, -0.1) is 0 Å². The molecular formula is C10H8F3NO2. The predicted octanol–water partition coefficient (Wildman–Crippen LogP) is 2.84. The number of hydrogen-bond acceptors (Lipinski definition) is 3. The molecule has 0 saturated heterocycles. The summed E-state index contributed by atoms with van der Waals surface area (Å²) in [6, 6.07) is 7.43. The van der Waals surface area contributed by atoms with Gasteiger partial charge in [0.05, 0.1) is 5.69 Å². The lowest BCUT2D eigenvalue weighted by Crippen LogP contribution is -2.27. The molecule has 0 aliphatic rings. The Bertz CT molecular complexity index is 398. The molecule has 16 heavy (non-hydrogen) atoms. The largest absolute Gasteiger partial charge is 0.469 e. The molecule has 0 bridgehead atoms. The van der Waals surface area contributed by atoms with E-state index in [9.17, 15) is 18.0 Å². The predicted molar refractivity (Wildman–Crippen MR) is 51.4 cm³/mol. The summed E-state index contributed by atoms with van der Waals surface area (Å²) in [7, 11) is 0. The van der Waals surface area contributed by atoms with Crippen molar-refractivity contribution in [1.82, 2.24) is 0 Å². The Morgan fingerprint density at radius 2 is 1.81 bits per heavy atom. The van der Waals surface area contributed by atoms with Crippen LogP contribution in [0.3, 0.4) is 0 Å². The van der Waals surface area contributed by atoms with Crippen LogP contribution in [0.4, 0.5) is 18.9 Å². The molecule has 1 aromatic carbocycles. The van der Waals surface area contributed by atoms with E-state index >= 15 is 0 Å². The van der Waals surface area contributed by atoms with Gasteiger partial charge in [0, 0.05) is 6.92 Å². The summed E-state index contributed by atoms with van der Waals surface area (Å²) in [6.45, 7) is 0.881. The molecule has 0 unspecified atom stereocenters. The van der Waals surface area contributed by atoms with Crippen LogP contribution in [-0.2, 0) is 9.53 Å². The maximum atomic E-state index is 12.4. The van der Waals surface area contributed by atoms with Crippen molar-refractivity contribution in [2.45, 2.75) is 13.1 Å². The Morgan fingerprint density at radius 3 is 2.25 bits per heavy atom. The number of benzene rings is 1. The topological polar surface area (TPSA) is 38.7 Å². The molecule has 1 aromatic rings. The van der Waals surface area contributed by atoms with E-state index in [0.717, 1.165) is 6.92 Å². The highest BCUT2D eigenvalue weighted by molar-refractivity contribution is 5.92. The number of nitrogens with zero attached hydrogens (tertiary/aromatic N) is 1. The second-order valence-corrected chi connectivity index (χ2v) is 2.84. The van der Waals surface area contributed by atoms with Crippen LogP contribution in [0.1, 0.15) is 6.92 Å². The van der Waals surface area contributed by atoms with E-state index in [1.165, 1.54) is 24.3 Å². The number of rotatable bonds is 1. The Hall–Kier alpha value is -1.85. The number of halogens is 3. The van der Waals surface area contributed by atoms with E-state index in [1.807, 2.05) is 0 Å². The van der Waals surface area contributed by atoms with Crippen LogP contribution in [0.25, 0.3) is 0 Å². The summed E-state index contributed by atoms with van der Waals surface area (Å²) in [5.41, 5.74) is 0.0658. The molecule has 0 heterocycles. The number of hydrogen-bond donors (Lipinski definition) is 0. The average Bonchev–Trinajstić information content (AvgIpc) is 2.16. The molecule has 0 atom stereocenters. The van der Waals surface area contributed by atoms with Gasteiger partial charge < -0.3 is 4.74 Å². The van der Waals surface area contributed by atoms with Crippen molar-refractivity contribution in [3.05, 3.63) is 30.3 Å². The molecule has 3 nitrogen and oxygen atoms in total. The van der Waals surface area contributed by atoms with Gasteiger partial charge in [-0.25, -0.2) is 4.99 Å². The Kier molecular flexibility index (Phi) is 3.65. The minimum Gasteiger partial charge on any atom is -0.402 e. The fourth-order valence-electron chi connectivity index (χ4n) is 0.900. The second-order valence-electron chi connectivity index (χ2n) is 2.84. The van der Waals surface area contributed by atoms with Gasteiger partial charge in [-0.3, -0.25) is 4.79 Å². The third-order valence-corrected chi connectivity index (χ3v) is 1.47. The summed E-state index contributed by atoms with van der Waals surface area (Å²) < 4.78 is 41.1. The first-order valence-corrected chi connectivity index (χ1v) is 4.29. The van der Waals surface area contributed by atoms with E-state index in [4.69, 9.17) is 0 Å². The zero-order chi connectivity index (χ0) is 12.2. The minimum atomic E-state index is -4.79. The molecule has 1 rings (SSSR count). The van der Waals surface area contributed by atoms with Gasteiger partial charge in [-0.05, 0) is 12.1 Å². The maximum Gasteiger partial charge on any atom is 0.469 e. The van der Waals surface area contributed by atoms with Crippen LogP contribution in [0.2, 0.25) is 0 Å². The molecule has 0 aliphatic heterocycles. The van der Waals surface area contributed by atoms with Crippen molar-refractivity contribution >= 4 is 17.6 Å². The first-order valence-electron chi connectivity index (χ1n) is 4.29. The van der Waals surface area contributed by atoms with Gasteiger partial charge in [0.15, 0.2) is 0 Å². The van der Waals surface area contributed by atoms with Gasteiger partial charge in [-0.1, -0.05) is 18.2 Å². The van der Waals surface area contributed by atoms with Crippen molar-refractivity contribution in [2.24, 2.45) is 4.99 Å². The number of carbonyl (C=O) groups excluding carboxylic acids is 1. The standard InChI is InChI=1S/C10H8F3NO2/c1-7(15)16-9(10(11,12)13)14-8-5-3-2-4-6-8/h2-6H,1H3/b14-9+. The van der Waals surface area contributed by atoms with E-state index in [0.29, 0.717) is 0 Å². The molecule has 86 valence electrons. The highest BCUT2D eigenvalue weighted by atomic mass is 19.4. The summed E-state index contributed by atoms with van der Waals surface area (Å²) >= 11 is 0. The Morgan fingerprint density at radius 1 is 1.25 bits per heavy atom. The SMILES string of the molecule is CC(=O)O/C(=N/c1ccccc1)C(F)(F)F. The monoisotopic (exact) mass is 231 g/mol. The van der Waals surface area contributed by atoms with Crippen LogP contribution in [-0.4, -0.2) is 18.0 Å². The molecule has 0 N–H and O–H groups in total. The van der Waals surface area contributed by atoms with Gasteiger partial charge in [0.1, 0.15) is 0 Å². The molecule has 0 aromatic heterocycles. The minimum absolute atomic E-state index is 0.0658. The van der Waals surface area contributed by atoms with E-state index in [1.54, 1.807) is 6.07 Å². The van der Waals surface area contributed by atoms with Gasteiger partial charge in [-0.2, -0.15) is 13.2 Å². The third-order valence-electron chi connectivity index (χ3n) is 1.47. The van der Waals surface area contributed by atoms with Gasteiger partial charge in [0.25, 0.3) is 0 Å². The summed E-state index contributed by atoms with van der Waals surface area (Å²) in [5.74, 6) is -2.63. The maximum absolute atomic E-state index is 12.4. The van der Waals surface area contributed by atoms with Crippen molar-refractivity contribution in [3.63, 3.8) is 0 Å². The molecule has 0 amide bonds. The smallest absolute Gasteiger partial charge is 0.402 e. The lowest BCUT2D eigenvalue weighted by Gasteiger charge is -2.08. The van der Waals surface area contributed by atoms with Crippen LogP contribution < -0.4 is 0 Å². The first-order chi connectivity index (χ1) is 7.39. The van der Waals surface area contributed by atoms with E-state index < -0.39 is 18.0 Å². The number of ether oxygens (including phenoxy) is 1. The zero-order valence-electron chi connectivity index (χ0n) is 8.28. The van der Waals surface area contributed by atoms with Crippen molar-refractivity contribution in [1.29, 1.82) is 0 Å². The summed E-state index contributed by atoms with van der Waals surface area (Å²) in [4.78, 5) is 13.7. The van der Waals surface area contributed by atoms with E-state index in [2.05, 4.69) is 9.73 Å². The number of carbonyl (C=O) groups is 1. The highest BCUT2D eigenvalue weighted by Crippen LogP contribution is 2.22. The average molecular weight is 231 g/mol. The fraction of sp³-hybridized carbons (Fsp3) is 0.200. The molecule has 0 aliphatic carbocycles. The highest BCUT2D eigenvalue weighted by Gasteiger charge is 2.39. The Balaban J connectivity index is 3.02. The summed E-state index contributed by atoms with van der Waals surface area (Å²) in [5, 5.41) is 0. The third kappa shape index (κ3) is 3.72. The summed E-state index contributed by atoms with van der Waals surface area (Å²) in [6.07, 6.45) is -4.79. The molecule has 0 fully saturated rings. The lowest BCUT2D eigenvalue weighted by atomic mass is 10.3. The number of para-hydroxylation sites is 1. The van der Waals surface area contributed by atoms with Gasteiger partial charge in [0.2, 0.25) is 0 Å². The molecule has 6 heteroatoms. The second kappa shape index (κ2) is 4.78. The molecule has 0 saturated carbocycles. The van der Waals surface area contributed by atoms with E-state index in [-0.39, 0.29) is 5.69 Å². The lowest BCUT2D eigenvalue weighted by molar-refractivity contribution is -0.138. The first kappa shape index (κ1) is 12.2. The fourth-order valence-corrected chi connectivity index (χ4v) is 0.900. The van der Waals surface area contributed by atoms with Crippen molar-refractivity contribution in [3.8, 4) is 0 Å². The van der Waals surface area contributed by atoms with Gasteiger partial charge >= 0.3 is 18.0 Å². The number of esters is 1. The van der Waals surface area contributed by atoms with Crippen LogP contribution >= 0.6 is 0 Å². The normalized spacial score (nSPS) is 12.4. The zero-order valence-corrected chi connectivity index (χ0v) is 8.28. The number of alkyl halides is 3. The molecule has 0 radical (unpaired) electrons.